The molecule has 0 saturated carbocycles. The molecule has 0 spiro atoms. The average molecular weight is 268 g/mol. The summed E-state index contributed by atoms with van der Waals surface area (Å²) >= 11 is 0. The minimum atomic E-state index is 0.0106. The van der Waals surface area contributed by atoms with Gasteiger partial charge in [0.2, 0.25) is 0 Å². The molecule has 0 unspecified atom stereocenters. The second-order valence-corrected chi connectivity index (χ2v) is 4.58. The van der Waals surface area contributed by atoms with E-state index in [1.807, 2.05) is 19.1 Å². The van der Waals surface area contributed by atoms with Gasteiger partial charge in [0.15, 0.2) is 0 Å². The van der Waals surface area contributed by atoms with E-state index in [1.165, 1.54) is 0 Å². The summed E-state index contributed by atoms with van der Waals surface area (Å²) in [6.45, 7) is 3.03. The second kappa shape index (κ2) is 6.58. The minimum absolute atomic E-state index is 0.0106. The van der Waals surface area contributed by atoms with Gasteiger partial charge in [-0.05, 0) is 43.2 Å². The standard InChI is InChI=1S/C16H16N2O2/c1-13-6-8-18(16(19)10-13)7-3-9-20-15-5-2-4-14(11-15)12-17/h2,4-6,8,10-11H,3,7,9H2,1H3. The van der Waals surface area contributed by atoms with Crippen molar-refractivity contribution in [1.82, 2.24) is 4.57 Å². The summed E-state index contributed by atoms with van der Waals surface area (Å²) in [6, 6.07) is 12.7. The highest BCUT2D eigenvalue weighted by Gasteiger charge is 1.98. The summed E-state index contributed by atoms with van der Waals surface area (Å²) in [7, 11) is 0. The van der Waals surface area contributed by atoms with Crippen LogP contribution in [0.2, 0.25) is 0 Å². The summed E-state index contributed by atoms with van der Waals surface area (Å²) in [5.41, 5.74) is 1.56. The minimum Gasteiger partial charge on any atom is -0.493 e. The first-order valence-electron chi connectivity index (χ1n) is 6.49. The first-order chi connectivity index (χ1) is 9.69. The highest BCUT2D eigenvalue weighted by atomic mass is 16.5. The molecule has 2 aromatic rings. The van der Waals surface area contributed by atoms with Crippen LogP contribution >= 0.6 is 0 Å². The SMILES string of the molecule is Cc1ccn(CCCOc2cccc(C#N)c2)c(=O)c1. The number of ether oxygens (including phenoxy) is 1. The van der Waals surface area contributed by atoms with Crippen LogP contribution in [0.3, 0.4) is 0 Å². The van der Waals surface area contributed by atoms with Crippen molar-refractivity contribution in [1.29, 1.82) is 5.26 Å². The maximum Gasteiger partial charge on any atom is 0.250 e. The molecule has 4 nitrogen and oxygen atoms in total. The molecule has 1 heterocycles. The lowest BCUT2D eigenvalue weighted by Crippen LogP contribution is -2.19. The molecule has 0 atom stereocenters. The van der Waals surface area contributed by atoms with E-state index in [9.17, 15) is 4.79 Å². The van der Waals surface area contributed by atoms with Crippen LogP contribution in [0.5, 0.6) is 5.75 Å². The fourth-order valence-corrected chi connectivity index (χ4v) is 1.87. The van der Waals surface area contributed by atoms with E-state index in [4.69, 9.17) is 10.00 Å². The lowest BCUT2D eigenvalue weighted by Gasteiger charge is -2.08. The molecule has 0 amide bonds. The van der Waals surface area contributed by atoms with E-state index in [-0.39, 0.29) is 5.56 Å². The molecular weight excluding hydrogens is 252 g/mol. The molecule has 0 fully saturated rings. The van der Waals surface area contributed by atoms with Gasteiger partial charge in [0.05, 0.1) is 18.2 Å². The Morgan fingerprint density at radius 3 is 2.90 bits per heavy atom. The van der Waals surface area contributed by atoms with E-state index < -0.39 is 0 Å². The van der Waals surface area contributed by atoms with Gasteiger partial charge in [-0.15, -0.1) is 0 Å². The smallest absolute Gasteiger partial charge is 0.250 e. The van der Waals surface area contributed by atoms with Gasteiger partial charge >= 0.3 is 0 Å². The first-order valence-corrected chi connectivity index (χ1v) is 6.49. The monoisotopic (exact) mass is 268 g/mol. The molecule has 20 heavy (non-hydrogen) atoms. The zero-order valence-corrected chi connectivity index (χ0v) is 11.4. The van der Waals surface area contributed by atoms with Crippen LogP contribution in [0, 0.1) is 18.3 Å². The Morgan fingerprint density at radius 1 is 1.30 bits per heavy atom. The lowest BCUT2D eigenvalue weighted by molar-refractivity contribution is 0.301. The van der Waals surface area contributed by atoms with Crippen molar-refractivity contribution in [3.63, 3.8) is 0 Å². The lowest BCUT2D eigenvalue weighted by atomic mass is 10.2. The molecule has 102 valence electrons. The van der Waals surface area contributed by atoms with Crippen LogP contribution < -0.4 is 10.3 Å². The summed E-state index contributed by atoms with van der Waals surface area (Å²) in [5, 5.41) is 8.79. The molecule has 1 aromatic carbocycles. The van der Waals surface area contributed by atoms with E-state index in [0.29, 0.717) is 24.5 Å². The zero-order valence-electron chi connectivity index (χ0n) is 11.4. The van der Waals surface area contributed by atoms with Crippen LogP contribution in [-0.2, 0) is 6.54 Å². The average Bonchev–Trinajstić information content (AvgIpc) is 2.45. The molecular formula is C16H16N2O2. The quantitative estimate of drug-likeness (QED) is 0.783. The molecule has 0 saturated heterocycles. The third-order valence-electron chi connectivity index (χ3n) is 2.93. The Morgan fingerprint density at radius 2 is 2.15 bits per heavy atom. The molecule has 2 rings (SSSR count). The summed E-state index contributed by atoms with van der Waals surface area (Å²) in [4.78, 5) is 11.7. The van der Waals surface area contributed by atoms with Crippen LogP contribution in [0.25, 0.3) is 0 Å². The summed E-state index contributed by atoms with van der Waals surface area (Å²) in [6.07, 6.45) is 2.54. The molecule has 0 aliphatic rings. The molecule has 0 aliphatic carbocycles. The zero-order chi connectivity index (χ0) is 14.4. The van der Waals surface area contributed by atoms with Crippen LogP contribution in [0.4, 0.5) is 0 Å². The van der Waals surface area contributed by atoms with Gasteiger partial charge in [-0.3, -0.25) is 4.79 Å². The first kappa shape index (κ1) is 13.9. The normalized spacial score (nSPS) is 10.0. The molecule has 4 heteroatoms. The fraction of sp³-hybridized carbons (Fsp3) is 0.250. The van der Waals surface area contributed by atoms with Gasteiger partial charge in [0.25, 0.3) is 5.56 Å². The number of hydrogen-bond acceptors (Lipinski definition) is 3. The molecule has 0 N–H and O–H groups in total. The van der Waals surface area contributed by atoms with Crippen molar-refractivity contribution in [3.05, 3.63) is 64.1 Å². The third-order valence-corrected chi connectivity index (χ3v) is 2.93. The Kier molecular flexibility index (Phi) is 4.56. The highest BCUT2D eigenvalue weighted by Crippen LogP contribution is 2.12. The van der Waals surface area contributed by atoms with Gasteiger partial charge in [-0.25, -0.2) is 0 Å². The van der Waals surface area contributed by atoms with Crippen molar-refractivity contribution in [2.75, 3.05) is 6.61 Å². The van der Waals surface area contributed by atoms with E-state index >= 15 is 0 Å². The van der Waals surface area contributed by atoms with E-state index in [0.717, 1.165) is 12.0 Å². The van der Waals surface area contributed by atoms with Crippen molar-refractivity contribution in [2.24, 2.45) is 0 Å². The predicted octanol–water partition coefficient (Wildman–Crippen LogP) is 2.50. The van der Waals surface area contributed by atoms with Crippen LogP contribution in [-0.4, -0.2) is 11.2 Å². The summed E-state index contributed by atoms with van der Waals surface area (Å²) < 4.78 is 7.24. The number of aryl methyl sites for hydroxylation is 2. The fourth-order valence-electron chi connectivity index (χ4n) is 1.87. The summed E-state index contributed by atoms with van der Waals surface area (Å²) in [5.74, 6) is 0.681. The van der Waals surface area contributed by atoms with Gasteiger partial charge in [-0.2, -0.15) is 5.26 Å². The van der Waals surface area contributed by atoms with Gasteiger partial charge < -0.3 is 9.30 Å². The second-order valence-electron chi connectivity index (χ2n) is 4.58. The van der Waals surface area contributed by atoms with Crippen molar-refractivity contribution < 1.29 is 4.74 Å². The van der Waals surface area contributed by atoms with Gasteiger partial charge in [-0.1, -0.05) is 6.07 Å². The third kappa shape index (κ3) is 3.72. The van der Waals surface area contributed by atoms with Crippen LogP contribution in [0.1, 0.15) is 17.5 Å². The number of aromatic nitrogens is 1. The van der Waals surface area contributed by atoms with Crippen molar-refractivity contribution >= 4 is 0 Å². The Labute approximate surface area is 117 Å². The number of hydrogen-bond donors (Lipinski definition) is 0. The van der Waals surface area contributed by atoms with Crippen molar-refractivity contribution in [3.8, 4) is 11.8 Å². The Bertz CT molecular complexity index is 683. The van der Waals surface area contributed by atoms with Crippen LogP contribution in [0.15, 0.2) is 47.4 Å². The number of nitriles is 1. The van der Waals surface area contributed by atoms with E-state index in [1.54, 1.807) is 35.0 Å². The van der Waals surface area contributed by atoms with Gasteiger partial charge in [0.1, 0.15) is 5.75 Å². The molecule has 1 aromatic heterocycles. The van der Waals surface area contributed by atoms with Crippen molar-refractivity contribution in [2.45, 2.75) is 19.9 Å². The largest absolute Gasteiger partial charge is 0.493 e. The Hall–Kier alpha value is -2.54. The maximum atomic E-state index is 11.7. The number of rotatable bonds is 5. The molecule has 0 aliphatic heterocycles. The maximum absolute atomic E-state index is 11.7. The molecule has 0 radical (unpaired) electrons. The number of pyridine rings is 1. The Balaban J connectivity index is 1.84. The topological polar surface area (TPSA) is 55.0 Å². The molecule has 0 bridgehead atoms. The number of nitrogens with zero attached hydrogens (tertiary/aromatic N) is 2. The van der Waals surface area contributed by atoms with Gasteiger partial charge in [0, 0.05) is 18.8 Å². The van der Waals surface area contributed by atoms with E-state index in [2.05, 4.69) is 6.07 Å². The number of benzene rings is 1. The predicted molar refractivity (Wildman–Crippen MR) is 76.7 cm³/mol. The highest BCUT2D eigenvalue weighted by molar-refractivity contribution is 5.36.